The van der Waals surface area contributed by atoms with Crippen LogP contribution in [0.4, 0.5) is 0 Å². The van der Waals surface area contributed by atoms with Gasteiger partial charge in [-0.2, -0.15) is 11.8 Å². The Hall–Kier alpha value is -1.57. The molecule has 0 radical (unpaired) electrons. The molecule has 1 aromatic rings. The van der Waals surface area contributed by atoms with Crippen molar-refractivity contribution in [1.82, 2.24) is 19.9 Å². The highest BCUT2D eigenvalue weighted by atomic mass is 32.2. The number of aryl methyl sites for hydroxylation is 1. The topological polar surface area (TPSA) is 88.3 Å². The van der Waals surface area contributed by atoms with E-state index in [-0.39, 0.29) is 18.4 Å². The van der Waals surface area contributed by atoms with Crippen molar-refractivity contribution < 1.29 is 14.7 Å². The second-order valence-corrected chi connectivity index (χ2v) is 5.48. The molecule has 0 bridgehead atoms. The fraction of sp³-hybridized carbons (Fsp3) is 0.636. The molecule has 2 heterocycles. The Morgan fingerprint density at radius 1 is 1.47 bits per heavy atom. The number of amides is 1. The van der Waals surface area contributed by atoms with Gasteiger partial charge in [-0.25, -0.2) is 0 Å². The smallest absolute Gasteiger partial charge is 0.305 e. The molecule has 0 aliphatic carbocycles. The molecule has 1 amide bonds. The third-order valence-electron chi connectivity index (χ3n) is 2.98. The zero-order chi connectivity index (χ0) is 13.7. The third kappa shape index (κ3) is 3.95. The summed E-state index contributed by atoms with van der Waals surface area (Å²) in [5.41, 5.74) is 0. The lowest BCUT2D eigenvalue weighted by molar-refractivity contribution is -0.140. The number of carboxylic acids is 1. The monoisotopic (exact) mass is 284 g/mol. The minimum Gasteiger partial charge on any atom is -0.481 e. The molecule has 1 saturated heterocycles. The molecular weight excluding hydrogens is 268 g/mol. The van der Waals surface area contributed by atoms with Crippen LogP contribution in [-0.2, 0) is 16.1 Å². The van der Waals surface area contributed by atoms with E-state index >= 15 is 0 Å². The van der Waals surface area contributed by atoms with Gasteiger partial charge in [-0.1, -0.05) is 5.21 Å². The molecule has 8 heteroatoms. The van der Waals surface area contributed by atoms with Gasteiger partial charge in [0.25, 0.3) is 0 Å². The number of thioether (sulfide) groups is 1. The fourth-order valence-corrected chi connectivity index (χ4v) is 3.12. The Morgan fingerprint density at radius 3 is 3.00 bits per heavy atom. The zero-order valence-electron chi connectivity index (χ0n) is 10.4. The van der Waals surface area contributed by atoms with Gasteiger partial charge in [0.1, 0.15) is 0 Å². The van der Waals surface area contributed by atoms with Crippen molar-refractivity contribution in [2.24, 2.45) is 0 Å². The maximum absolute atomic E-state index is 12.1. The van der Waals surface area contributed by atoms with Crippen LogP contribution in [0.25, 0.3) is 0 Å². The molecule has 19 heavy (non-hydrogen) atoms. The summed E-state index contributed by atoms with van der Waals surface area (Å²) in [6.45, 7) is 1.10. The fourth-order valence-electron chi connectivity index (χ4n) is 2.06. The predicted molar refractivity (Wildman–Crippen MR) is 69.7 cm³/mol. The van der Waals surface area contributed by atoms with Crippen LogP contribution in [0.3, 0.4) is 0 Å². The van der Waals surface area contributed by atoms with Gasteiger partial charge in [0.2, 0.25) is 5.91 Å². The lowest BCUT2D eigenvalue weighted by atomic mass is 10.2. The van der Waals surface area contributed by atoms with Crippen molar-refractivity contribution in [1.29, 1.82) is 0 Å². The molecule has 104 valence electrons. The first-order chi connectivity index (χ1) is 9.16. The number of nitrogens with zero attached hydrogens (tertiary/aromatic N) is 4. The third-order valence-corrected chi connectivity index (χ3v) is 4.08. The van der Waals surface area contributed by atoms with Crippen molar-refractivity contribution in [3.8, 4) is 0 Å². The van der Waals surface area contributed by atoms with Crippen LogP contribution in [0.15, 0.2) is 12.4 Å². The van der Waals surface area contributed by atoms with Gasteiger partial charge in [-0.05, 0) is 0 Å². The molecule has 1 N–H and O–H groups in total. The number of rotatable bonds is 5. The van der Waals surface area contributed by atoms with Crippen LogP contribution in [0, 0.1) is 0 Å². The van der Waals surface area contributed by atoms with E-state index in [0.29, 0.717) is 25.3 Å². The summed E-state index contributed by atoms with van der Waals surface area (Å²) < 4.78 is 1.60. The van der Waals surface area contributed by atoms with Crippen molar-refractivity contribution >= 4 is 23.6 Å². The lowest BCUT2D eigenvalue weighted by Gasteiger charge is -2.34. The van der Waals surface area contributed by atoms with Gasteiger partial charge in [-0.3, -0.25) is 14.3 Å². The molecule has 0 aromatic carbocycles. The molecule has 1 atom stereocenters. The average molecular weight is 284 g/mol. The minimum absolute atomic E-state index is 0.0120. The number of carboxylic acid groups (broad SMARTS) is 1. The van der Waals surface area contributed by atoms with E-state index in [0.717, 1.165) is 5.75 Å². The summed E-state index contributed by atoms with van der Waals surface area (Å²) >= 11 is 1.70. The number of carbonyl (C=O) groups excluding carboxylic acids is 1. The van der Waals surface area contributed by atoms with Gasteiger partial charge < -0.3 is 10.0 Å². The van der Waals surface area contributed by atoms with E-state index in [9.17, 15) is 9.59 Å². The maximum atomic E-state index is 12.1. The Kier molecular flexibility index (Phi) is 4.78. The maximum Gasteiger partial charge on any atom is 0.305 e. The number of carbonyl (C=O) groups is 2. The molecule has 0 saturated carbocycles. The Bertz CT molecular complexity index is 437. The summed E-state index contributed by atoms with van der Waals surface area (Å²) in [5, 5.41) is 16.3. The van der Waals surface area contributed by atoms with E-state index in [4.69, 9.17) is 5.11 Å². The molecular formula is C11H16N4O3S. The molecule has 2 rings (SSSR count). The highest BCUT2D eigenvalue weighted by molar-refractivity contribution is 7.99. The first-order valence-electron chi connectivity index (χ1n) is 6.10. The van der Waals surface area contributed by atoms with Crippen LogP contribution in [-0.4, -0.2) is 61.0 Å². The van der Waals surface area contributed by atoms with Crippen molar-refractivity contribution in [2.45, 2.75) is 25.4 Å². The molecule has 7 nitrogen and oxygen atoms in total. The number of hydrogen-bond donors (Lipinski definition) is 1. The zero-order valence-corrected chi connectivity index (χ0v) is 11.3. The standard InChI is InChI=1S/C11H16N4O3S/c16-10(1-3-14-4-2-12-13-14)15-5-6-19-8-9(15)7-11(17)18/h2,4,9H,1,3,5-8H2,(H,17,18). The summed E-state index contributed by atoms with van der Waals surface area (Å²) in [5.74, 6) is 0.690. The van der Waals surface area contributed by atoms with Crippen molar-refractivity contribution in [2.75, 3.05) is 18.1 Å². The van der Waals surface area contributed by atoms with Crippen LogP contribution in [0.5, 0.6) is 0 Å². The highest BCUT2D eigenvalue weighted by Crippen LogP contribution is 2.20. The van der Waals surface area contributed by atoms with Gasteiger partial charge in [-0.15, -0.1) is 5.10 Å². The van der Waals surface area contributed by atoms with E-state index in [2.05, 4.69) is 10.3 Å². The average Bonchev–Trinajstić information content (AvgIpc) is 2.89. The molecule has 0 spiro atoms. The second-order valence-electron chi connectivity index (χ2n) is 4.33. The summed E-state index contributed by atoms with van der Waals surface area (Å²) in [6.07, 6.45) is 3.61. The highest BCUT2D eigenvalue weighted by Gasteiger charge is 2.28. The molecule has 1 aliphatic rings. The minimum atomic E-state index is -0.860. The normalized spacial score (nSPS) is 19.4. The second kappa shape index (κ2) is 6.55. The van der Waals surface area contributed by atoms with E-state index < -0.39 is 5.97 Å². The van der Waals surface area contributed by atoms with Gasteiger partial charge in [0.05, 0.1) is 25.2 Å². The first kappa shape index (κ1) is 13.9. The van der Waals surface area contributed by atoms with Gasteiger partial charge >= 0.3 is 5.97 Å². The summed E-state index contributed by atoms with van der Waals surface area (Å²) in [4.78, 5) is 24.7. The van der Waals surface area contributed by atoms with Crippen LogP contribution in [0.1, 0.15) is 12.8 Å². The number of aromatic nitrogens is 3. The number of hydrogen-bond acceptors (Lipinski definition) is 5. The molecule has 1 fully saturated rings. The van der Waals surface area contributed by atoms with Crippen LogP contribution < -0.4 is 0 Å². The van der Waals surface area contributed by atoms with Gasteiger partial charge in [0, 0.05) is 30.7 Å². The van der Waals surface area contributed by atoms with E-state index in [1.807, 2.05) is 0 Å². The molecule has 1 aliphatic heterocycles. The van der Waals surface area contributed by atoms with Crippen molar-refractivity contribution in [3.05, 3.63) is 12.4 Å². The quantitative estimate of drug-likeness (QED) is 0.824. The Labute approximate surface area is 115 Å². The van der Waals surface area contributed by atoms with E-state index in [1.54, 1.807) is 33.7 Å². The van der Waals surface area contributed by atoms with E-state index in [1.165, 1.54) is 0 Å². The largest absolute Gasteiger partial charge is 0.481 e. The number of aliphatic carboxylic acids is 1. The Morgan fingerprint density at radius 2 is 2.32 bits per heavy atom. The molecule has 1 aromatic heterocycles. The van der Waals surface area contributed by atoms with Crippen molar-refractivity contribution in [3.63, 3.8) is 0 Å². The SMILES string of the molecule is O=C(O)CC1CSCCN1C(=O)CCn1ccnn1. The van der Waals surface area contributed by atoms with Crippen LogP contribution in [0.2, 0.25) is 0 Å². The first-order valence-corrected chi connectivity index (χ1v) is 7.25. The summed E-state index contributed by atoms with van der Waals surface area (Å²) in [6, 6.07) is -0.195. The Balaban J connectivity index is 1.89. The lowest BCUT2D eigenvalue weighted by Crippen LogP contribution is -2.47. The summed E-state index contributed by atoms with van der Waals surface area (Å²) in [7, 11) is 0. The predicted octanol–water partition coefficient (Wildman–Crippen LogP) is 0.0869. The van der Waals surface area contributed by atoms with Gasteiger partial charge in [0.15, 0.2) is 0 Å². The van der Waals surface area contributed by atoms with Crippen LogP contribution >= 0.6 is 11.8 Å². The molecule has 1 unspecified atom stereocenters.